The first-order valence-corrected chi connectivity index (χ1v) is 6.05. The number of aryl methyl sites for hydroxylation is 1. The summed E-state index contributed by atoms with van der Waals surface area (Å²) in [7, 11) is 0. The molecule has 96 valence electrons. The summed E-state index contributed by atoms with van der Waals surface area (Å²) in [6.07, 6.45) is 3.79. The maximum Gasteiger partial charge on any atom is -0.0103 e. The van der Waals surface area contributed by atoms with Gasteiger partial charge in [0.25, 0.3) is 0 Å². The minimum absolute atomic E-state index is 0. The van der Waals surface area contributed by atoms with Crippen molar-refractivity contribution in [2.45, 2.75) is 28.2 Å². The van der Waals surface area contributed by atoms with Gasteiger partial charge in [-0.25, -0.2) is 0 Å². The standard InChI is InChI=1S/C15H14.C2H6.CH4/c1-4-12-10-11(3)14-8-6-7-9-15(14)13(12)5-2;1-2;/h4-10H,1-2H2,3H3;1-2H3;1H4. The van der Waals surface area contributed by atoms with Gasteiger partial charge in [-0.15, -0.1) is 0 Å². The zero-order valence-electron chi connectivity index (χ0n) is 11.0. The first kappa shape index (κ1) is 16.2. The van der Waals surface area contributed by atoms with Crippen molar-refractivity contribution < 1.29 is 0 Å². The van der Waals surface area contributed by atoms with Crippen molar-refractivity contribution >= 4 is 22.9 Å². The SMILES string of the molecule is C.C=Cc1cc(C)c2ccccc2c1C=C.CC. The van der Waals surface area contributed by atoms with Gasteiger partial charge in [0, 0.05) is 0 Å². The zero-order chi connectivity index (χ0) is 12.8. The second-order valence-electron chi connectivity index (χ2n) is 3.65. The lowest BCUT2D eigenvalue weighted by Crippen LogP contribution is -1.87. The van der Waals surface area contributed by atoms with E-state index in [0.717, 1.165) is 5.56 Å². The number of hydrogen-bond donors (Lipinski definition) is 0. The van der Waals surface area contributed by atoms with E-state index in [2.05, 4.69) is 50.4 Å². The summed E-state index contributed by atoms with van der Waals surface area (Å²) in [6.45, 7) is 13.8. The van der Waals surface area contributed by atoms with Gasteiger partial charge in [-0.1, -0.05) is 76.9 Å². The molecule has 0 amide bonds. The van der Waals surface area contributed by atoms with E-state index in [4.69, 9.17) is 0 Å². The van der Waals surface area contributed by atoms with Gasteiger partial charge in [0.05, 0.1) is 0 Å². The van der Waals surface area contributed by atoms with E-state index in [9.17, 15) is 0 Å². The summed E-state index contributed by atoms with van der Waals surface area (Å²) in [4.78, 5) is 0. The van der Waals surface area contributed by atoms with Gasteiger partial charge in [-0.3, -0.25) is 0 Å². The van der Waals surface area contributed by atoms with Crippen LogP contribution in [0.3, 0.4) is 0 Å². The Labute approximate surface area is 112 Å². The molecule has 0 aromatic heterocycles. The van der Waals surface area contributed by atoms with Gasteiger partial charge < -0.3 is 0 Å². The highest BCUT2D eigenvalue weighted by Gasteiger charge is 2.04. The Balaban J connectivity index is 0.000000917. The van der Waals surface area contributed by atoms with Crippen LogP contribution in [0.15, 0.2) is 43.5 Å². The van der Waals surface area contributed by atoms with Gasteiger partial charge in [0.2, 0.25) is 0 Å². The largest absolute Gasteiger partial charge is 0.0984 e. The molecule has 0 bridgehead atoms. The lowest BCUT2D eigenvalue weighted by atomic mass is 9.95. The van der Waals surface area contributed by atoms with E-state index in [1.807, 2.05) is 26.0 Å². The Morgan fingerprint density at radius 3 is 2.00 bits per heavy atom. The van der Waals surface area contributed by atoms with E-state index in [1.54, 1.807) is 0 Å². The van der Waals surface area contributed by atoms with Crippen LogP contribution < -0.4 is 0 Å². The minimum Gasteiger partial charge on any atom is -0.0984 e. The zero-order valence-corrected chi connectivity index (χ0v) is 11.0. The van der Waals surface area contributed by atoms with E-state index in [-0.39, 0.29) is 7.43 Å². The van der Waals surface area contributed by atoms with E-state index >= 15 is 0 Å². The van der Waals surface area contributed by atoms with Crippen molar-refractivity contribution in [3.63, 3.8) is 0 Å². The highest BCUT2D eigenvalue weighted by atomic mass is 14.1. The Morgan fingerprint density at radius 1 is 0.944 bits per heavy atom. The number of benzene rings is 2. The van der Waals surface area contributed by atoms with E-state index < -0.39 is 0 Å². The highest BCUT2D eigenvalue weighted by molar-refractivity contribution is 5.95. The molecular formula is C18H24. The lowest BCUT2D eigenvalue weighted by molar-refractivity contribution is 1.50. The topological polar surface area (TPSA) is 0 Å². The van der Waals surface area contributed by atoms with Crippen LogP contribution in [-0.2, 0) is 0 Å². The van der Waals surface area contributed by atoms with Crippen LogP contribution in [0.25, 0.3) is 22.9 Å². The van der Waals surface area contributed by atoms with Crippen molar-refractivity contribution in [3.8, 4) is 0 Å². The fourth-order valence-electron chi connectivity index (χ4n) is 2.00. The maximum absolute atomic E-state index is 3.87. The van der Waals surface area contributed by atoms with E-state index in [1.165, 1.54) is 21.9 Å². The summed E-state index contributed by atoms with van der Waals surface area (Å²) in [5, 5.41) is 2.54. The second kappa shape index (κ2) is 7.50. The van der Waals surface area contributed by atoms with Gasteiger partial charge in [-0.05, 0) is 34.4 Å². The van der Waals surface area contributed by atoms with Crippen molar-refractivity contribution in [1.82, 2.24) is 0 Å². The van der Waals surface area contributed by atoms with Crippen LogP contribution in [0.4, 0.5) is 0 Å². The molecule has 0 N–H and O–H groups in total. The fourth-order valence-corrected chi connectivity index (χ4v) is 2.00. The number of hydrogen-bond acceptors (Lipinski definition) is 0. The summed E-state index contributed by atoms with van der Waals surface area (Å²) >= 11 is 0. The third kappa shape index (κ3) is 2.89. The Morgan fingerprint density at radius 2 is 1.50 bits per heavy atom. The van der Waals surface area contributed by atoms with Crippen molar-refractivity contribution in [3.05, 3.63) is 60.2 Å². The molecule has 0 fully saturated rings. The van der Waals surface area contributed by atoms with Crippen LogP contribution in [0.5, 0.6) is 0 Å². The molecule has 0 heterocycles. The van der Waals surface area contributed by atoms with Gasteiger partial charge in [-0.2, -0.15) is 0 Å². The van der Waals surface area contributed by atoms with E-state index in [0.29, 0.717) is 0 Å². The van der Waals surface area contributed by atoms with Crippen LogP contribution in [0, 0.1) is 6.92 Å². The Kier molecular flexibility index (Phi) is 6.74. The summed E-state index contributed by atoms with van der Waals surface area (Å²) < 4.78 is 0. The van der Waals surface area contributed by atoms with Crippen LogP contribution in [0.1, 0.15) is 38.0 Å². The van der Waals surface area contributed by atoms with Gasteiger partial charge in [0.1, 0.15) is 0 Å². The van der Waals surface area contributed by atoms with Crippen molar-refractivity contribution in [1.29, 1.82) is 0 Å². The van der Waals surface area contributed by atoms with Crippen LogP contribution >= 0.6 is 0 Å². The molecule has 0 heteroatoms. The molecule has 0 radical (unpaired) electrons. The lowest BCUT2D eigenvalue weighted by Gasteiger charge is -2.09. The summed E-state index contributed by atoms with van der Waals surface area (Å²) in [6, 6.07) is 10.6. The quantitative estimate of drug-likeness (QED) is 0.595. The average Bonchev–Trinajstić information content (AvgIpc) is 2.41. The highest BCUT2D eigenvalue weighted by Crippen LogP contribution is 2.27. The fraction of sp³-hybridized carbons (Fsp3) is 0.222. The first-order chi connectivity index (χ1) is 8.27. The summed E-state index contributed by atoms with van der Waals surface area (Å²) in [5.41, 5.74) is 3.61. The molecule has 0 atom stereocenters. The average molecular weight is 240 g/mol. The molecule has 0 aliphatic carbocycles. The minimum atomic E-state index is 0. The van der Waals surface area contributed by atoms with Crippen molar-refractivity contribution in [2.75, 3.05) is 0 Å². The molecule has 0 aliphatic rings. The molecule has 0 spiro atoms. The monoisotopic (exact) mass is 240 g/mol. The van der Waals surface area contributed by atoms with Gasteiger partial charge in [0.15, 0.2) is 0 Å². The molecule has 0 saturated heterocycles. The predicted molar refractivity (Wildman–Crippen MR) is 86.9 cm³/mol. The number of rotatable bonds is 2. The molecule has 0 unspecified atom stereocenters. The van der Waals surface area contributed by atoms with Crippen molar-refractivity contribution in [2.24, 2.45) is 0 Å². The normalized spacial score (nSPS) is 8.83. The van der Waals surface area contributed by atoms with Crippen LogP contribution in [0.2, 0.25) is 0 Å². The molecule has 0 nitrogen and oxygen atoms in total. The first-order valence-electron chi connectivity index (χ1n) is 6.05. The molecular weight excluding hydrogens is 216 g/mol. The van der Waals surface area contributed by atoms with Crippen LogP contribution in [-0.4, -0.2) is 0 Å². The molecule has 0 aliphatic heterocycles. The molecule has 2 rings (SSSR count). The Hall–Kier alpha value is -1.82. The summed E-state index contributed by atoms with van der Waals surface area (Å²) in [5.74, 6) is 0. The third-order valence-electron chi connectivity index (χ3n) is 2.75. The number of fused-ring (bicyclic) bond motifs is 1. The maximum atomic E-state index is 3.87. The van der Waals surface area contributed by atoms with Gasteiger partial charge >= 0.3 is 0 Å². The Bertz CT molecular complexity index is 533. The molecule has 2 aromatic carbocycles. The second-order valence-corrected chi connectivity index (χ2v) is 3.65. The molecule has 2 aromatic rings. The molecule has 0 saturated carbocycles. The smallest absolute Gasteiger partial charge is 0.0103 e. The molecule has 18 heavy (non-hydrogen) atoms. The third-order valence-corrected chi connectivity index (χ3v) is 2.75. The predicted octanol–water partition coefficient (Wildman–Crippen LogP) is 6.10.